The molecule has 38 heavy (non-hydrogen) atoms. The number of fused-ring (bicyclic) bond motifs is 2. The lowest BCUT2D eigenvalue weighted by Gasteiger charge is -2.08. The molecular formula is C30H26N4O2S2. The zero-order valence-corrected chi connectivity index (χ0v) is 22.8. The summed E-state index contributed by atoms with van der Waals surface area (Å²) >= 11 is 2.99. The van der Waals surface area contributed by atoms with Crippen molar-refractivity contribution < 1.29 is 0 Å². The van der Waals surface area contributed by atoms with Crippen LogP contribution in [0.15, 0.2) is 81.5 Å². The van der Waals surface area contributed by atoms with Gasteiger partial charge in [-0.1, -0.05) is 59.7 Å². The third-order valence-electron chi connectivity index (χ3n) is 6.89. The molecular weight excluding hydrogens is 512 g/mol. The quantitative estimate of drug-likeness (QED) is 0.213. The number of thiophene rings is 2. The summed E-state index contributed by atoms with van der Waals surface area (Å²) in [6.45, 7) is 5.19. The first-order valence-electron chi connectivity index (χ1n) is 12.6. The van der Waals surface area contributed by atoms with Crippen LogP contribution in [0.3, 0.4) is 0 Å². The van der Waals surface area contributed by atoms with Crippen molar-refractivity contribution in [1.29, 1.82) is 0 Å². The highest BCUT2D eigenvalue weighted by Gasteiger charge is 2.15. The Balaban J connectivity index is 1.20. The molecule has 0 amide bonds. The van der Waals surface area contributed by atoms with Crippen LogP contribution in [0.1, 0.15) is 24.0 Å². The van der Waals surface area contributed by atoms with Crippen LogP contribution >= 0.6 is 22.7 Å². The molecule has 6 aromatic rings. The van der Waals surface area contributed by atoms with Crippen molar-refractivity contribution in [2.45, 2.75) is 39.8 Å². The molecule has 0 aliphatic carbocycles. The van der Waals surface area contributed by atoms with Gasteiger partial charge in [0.15, 0.2) is 0 Å². The van der Waals surface area contributed by atoms with Crippen molar-refractivity contribution in [2.75, 3.05) is 0 Å². The highest BCUT2D eigenvalue weighted by Crippen LogP contribution is 2.32. The summed E-state index contributed by atoms with van der Waals surface area (Å²) in [7, 11) is 0. The lowest BCUT2D eigenvalue weighted by molar-refractivity contribution is 0.533. The van der Waals surface area contributed by atoms with E-state index in [2.05, 4.69) is 48.1 Å². The molecule has 0 aliphatic rings. The molecule has 0 N–H and O–H groups in total. The molecule has 6 rings (SSSR count). The normalized spacial score (nSPS) is 11.5. The molecule has 4 heterocycles. The predicted molar refractivity (Wildman–Crippen MR) is 157 cm³/mol. The van der Waals surface area contributed by atoms with Crippen LogP contribution < -0.4 is 11.1 Å². The van der Waals surface area contributed by atoms with Crippen LogP contribution in [0.4, 0.5) is 0 Å². The zero-order valence-electron chi connectivity index (χ0n) is 21.2. The Kier molecular flexibility index (Phi) is 6.51. The Bertz CT molecular complexity index is 1740. The first-order chi connectivity index (χ1) is 18.5. The monoisotopic (exact) mass is 538 g/mol. The van der Waals surface area contributed by atoms with Crippen LogP contribution in [0.5, 0.6) is 0 Å². The maximum absolute atomic E-state index is 13.3. The van der Waals surface area contributed by atoms with Crippen molar-refractivity contribution in [3.8, 4) is 22.3 Å². The number of benzene rings is 2. The van der Waals surface area contributed by atoms with Crippen LogP contribution in [0.2, 0.25) is 0 Å². The average molecular weight is 539 g/mol. The van der Waals surface area contributed by atoms with Crippen LogP contribution in [0, 0.1) is 13.8 Å². The molecule has 6 nitrogen and oxygen atoms in total. The summed E-state index contributed by atoms with van der Waals surface area (Å²) in [4.78, 5) is 37.3. The summed E-state index contributed by atoms with van der Waals surface area (Å²) < 4.78 is 3.37. The van der Waals surface area contributed by atoms with Crippen LogP contribution in [0.25, 0.3) is 42.7 Å². The lowest BCUT2D eigenvalue weighted by Crippen LogP contribution is -2.22. The van der Waals surface area contributed by atoms with Crippen molar-refractivity contribution in [3.63, 3.8) is 0 Å². The van der Waals surface area contributed by atoms with Gasteiger partial charge in [-0.3, -0.25) is 18.7 Å². The highest BCUT2D eigenvalue weighted by atomic mass is 32.1. The third-order valence-corrected chi connectivity index (χ3v) is 8.67. The predicted octanol–water partition coefficient (Wildman–Crippen LogP) is 6.66. The number of aromatic nitrogens is 4. The molecule has 2 aromatic carbocycles. The number of aryl methyl sites for hydroxylation is 4. The van der Waals surface area contributed by atoms with Gasteiger partial charge in [0.05, 0.1) is 23.4 Å². The molecule has 0 unspecified atom stereocenters. The Hall–Kier alpha value is -3.88. The standard InChI is InChI=1S/C30H26N4O2S2/c1-19-5-9-21(10-6-19)23-15-37-27-25(23)29(35)33(17-31-27)13-3-4-14-34-18-32-28-26(30(34)36)24(16-38-28)22-11-7-20(2)8-12-22/h5-12,15-18H,3-4,13-14H2,1-2H3. The highest BCUT2D eigenvalue weighted by molar-refractivity contribution is 7.17. The van der Waals surface area contributed by atoms with E-state index in [0.29, 0.717) is 23.9 Å². The molecule has 0 radical (unpaired) electrons. The summed E-state index contributed by atoms with van der Waals surface area (Å²) in [5, 5.41) is 5.37. The maximum Gasteiger partial charge on any atom is 0.262 e. The van der Waals surface area contributed by atoms with Gasteiger partial charge in [0.1, 0.15) is 9.66 Å². The van der Waals surface area contributed by atoms with E-state index in [9.17, 15) is 9.59 Å². The maximum atomic E-state index is 13.3. The molecule has 0 fully saturated rings. The molecule has 0 spiro atoms. The third kappa shape index (κ3) is 4.50. The van der Waals surface area contributed by atoms with E-state index in [0.717, 1.165) is 44.8 Å². The fourth-order valence-corrected chi connectivity index (χ4v) is 6.52. The Morgan fingerprint density at radius 3 is 1.42 bits per heavy atom. The summed E-state index contributed by atoms with van der Waals surface area (Å²) in [5.74, 6) is 0. The molecule has 0 aliphatic heterocycles. The molecule has 0 saturated heterocycles. The van der Waals surface area contributed by atoms with Crippen molar-refractivity contribution in [2.24, 2.45) is 0 Å². The first-order valence-corrected chi connectivity index (χ1v) is 14.3. The van der Waals surface area contributed by atoms with Gasteiger partial charge < -0.3 is 0 Å². The van der Waals surface area contributed by atoms with Crippen molar-refractivity contribution in [3.05, 3.63) is 104 Å². The fraction of sp³-hybridized carbons (Fsp3) is 0.200. The molecule has 8 heteroatoms. The second kappa shape index (κ2) is 10.1. The Morgan fingerprint density at radius 1 is 0.632 bits per heavy atom. The van der Waals surface area contributed by atoms with E-state index >= 15 is 0 Å². The van der Waals surface area contributed by atoms with E-state index in [1.54, 1.807) is 21.8 Å². The van der Waals surface area contributed by atoms with E-state index in [4.69, 9.17) is 0 Å². The summed E-state index contributed by atoms with van der Waals surface area (Å²) in [6.07, 6.45) is 4.77. The van der Waals surface area contributed by atoms with Gasteiger partial charge in [0.2, 0.25) is 0 Å². The minimum absolute atomic E-state index is 0.0203. The van der Waals surface area contributed by atoms with Gasteiger partial charge in [-0.25, -0.2) is 9.97 Å². The zero-order chi connectivity index (χ0) is 26.2. The van der Waals surface area contributed by atoms with Gasteiger partial charge >= 0.3 is 0 Å². The number of rotatable bonds is 7. The molecule has 190 valence electrons. The van der Waals surface area contributed by atoms with Gasteiger partial charge in [-0.05, 0) is 37.8 Å². The number of hydrogen-bond donors (Lipinski definition) is 0. The van der Waals surface area contributed by atoms with Crippen LogP contribution in [-0.4, -0.2) is 19.1 Å². The number of hydrogen-bond acceptors (Lipinski definition) is 6. The average Bonchev–Trinajstić information content (AvgIpc) is 3.55. The number of unbranched alkanes of at least 4 members (excludes halogenated alkanes) is 1. The largest absolute Gasteiger partial charge is 0.299 e. The number of nitrogens with zero attached hydrogens (tertiary/aromatic N) is 4. The molecule has 4 aromatic heterocycles. The second-order valence-corrected chi connectivity index (χ2v) is 11.3. The molecule has 0 saturated carbocycles. The van der Waals surface area contributed by atoms with Crippen molar-refractivity contribution >= 4 is 43.1 Å². The van der Waals surface area contributed by atoms with E-state index in [-0.39, 0.29) is 11.1 Å². The van der Waals surface area contributed by atoms with E-state index in [1.165, 1.54) is 33.8 Å². The topological polar surface area (TPSA) is 69.8 Å². The van der Waals surface area contributed by atoms with Crippen molar-refractivity contribution in [1.82, 2.24) is 19.1 Å². The van der Waals surface area contributed by atoms with Gasteiger partial charge in [0, 0.05) is 35.0 Å². The van der Waals surface area contributed by atoms with E-state index < -0.39 is 0 Å². The second-order valence-electron chi connectivity index (χ2n) is 9.58. The van der Waals surface area contributed by atoms with E-state index in [1.807, 2.05) is 35.0 Å². The van der Waals surface area contributed by atoms with Crippen LogP contribution in [-0.2, 0) is 13.1 Å². The van der Waals surface area contributed by atoms with Gasteiger partial charge in [-0.2, -0.15) is 0 Å². The Morgan fingerprint density at radius 2 is 1.03 bits per heavy atom. The summed E-state index contributed by atoms with van der Waals surface area (Å²) in [5.41, 5.74) is 6.25. The lowest BCUT2D eigenvalue weighted by atomic mass is 10.1. The SMILES string of the molecule is Cc1ccc(-c2csc3ncn(CCCCn4cnc5scc(-c6ccc(C)cc6)c5c4=O)c(=O)c23)cc1. The molecule has 0 atom stereocenters. The van der Waals surface area contributed by atoms with Gasteiger partial charge in [-0.15, -0.1) is 22.7 Å². The smallest absolute Gasteiger partial charge is 0.262 e. The minimum atomic E-state index is -0.0203. The molecule has 0 bridgehead atoms. The fourth-order valence-electron chi connectivity index (χ4n) is 4.71. The first kappa shape index (κ1) is 24.5. The minimum Gasteiger partial charge on any atom is -0.299 e. The van der Waals surface area contributed by atoms with Gasteiger partial charge in [0.25, 0.3) is 11.1 Å². The summed E-state index contributed by atoms with van der Waals surface area (Å²) in [6, 6.07) is 16.4. The Labute approximate surface area is 227 Å².